The third kappa shape index (κ3) is 1.92. The molecule has 2 N–H and O–H groups in total. The van der Waals surface area contributed by atoms with Crippen LogP contribution in [0.1, 0.15) is 30.6 Å². The molecule has 3 nitrogen and oxygen atoms in total. The van der Waals surface area contributed by atoms with Crippen LogP contribution < -0.4 is 5.32 Å². The first kappa shape index (κ1) is 10.6. The van der Waals surface area contributed by atoms with Gasteiger partial charge in [-0.25, -0.2) is 0 Å². The summed E-state index contributed by atoms with van der Waals surface area (Å²) in [5, 5.41) is 12.6. The number of amides is 1. The number of benzene rings is 1. The average molecular weight is 270 g/mol. The molecule has 0 radical (unpaired) electrons. The van der Waals surface area contributed by atoms with Gasteiger partial charge in [-0.15, -0.1) is 0 Å². The molecule has 1 aliphatic rings. The number of hydrogen-bond acceptors (Lipinski definition) is 2. The van der Waals surface area contributed by atoms with Gasteiger partial charge in [0.05, 0.1) is 18.2 Å². The average Bonchev–Trinajstić information content (AvgIpc) is 2.55. The fourth-order valence-electron chi connectivity index (χ4n) is 1.82. The molecule has 1 unspecified atom stereocenters. The molecule has 0 aliphatic carbocycles. The predicted octanol–water partition coefficient (Wildman–Crippen LogP) is 2.39. The zero-order valence-electron chi connectivity index (χ0n) is 8.38. The molecule has 1 aliphatic heterocycles. The van der Waals surface area contributed by atoms with Crippen molar-refractivity contribution in [2.45, 2.75) is 25.9 Å². The normalized spacial score (nSPS) is 16.1. The van der Waals surface area contributed by atoms with Crippen LogP contribution in [0.3, 0.4) is 0 Å². The number of carbonyl (C=O) groups is 1. The zero-order valence-corrected chi connectivity index (χ0v) is 9.97. The topological polar surface area (TPSA) is 49.3 Å². The third-order valence-electron chi connectivity index (χ3n) is 2.58. The first-order chi connectivity index (χ1) is 7.11. The molecular weight excluding hydrogens is 258 g/mol. The highest BCUT2D eigenvalue weighted by molar-refractivity contribution is 9.10. The molecule has 0 fully saturated rings. The highest BCUT2D eigenvalue weighted by atomic mass is 79.9. The van der Waals surface area contributed by atoms with E-state index in [1.807, 2.05) is 19.1 Å². The van der Waals surface area contributed by atoms with Crippen LogP contribution >= 0.6 is 15.9 Å². The van der Waals surface area contributed by atoms with Crippen molar-refractivity contribution in [2.24, 2.45) is 0 Å². The summed E-state index contributed by atoms with van der Waals surface area (Å²) < 4.78 is 0.903. The number of anilines is 1. The van der Waals surface area contributed by atoms with E-state index in [0.717, 1.165) is 21.3 Å². The Morgan fingerprint density at radius 2 is 2.33 bits per heavy atom. The van der Waals surface area contributed by atoms with E-state index >= 15 is 0 Å². The Morgan fingerprint density at radius 1 is 1.60 bits per heavy atom. The molecule has 15 heavy (non-hydrogen) atoms. The van der Waals surface area contributed by atoms with Crippen molar-refractivity contribution in [1.29, 1.82) is 0 Å². The Balaban J connectivity index is 2.51. The Kier molecular flexibility index (Phi) is 2.80. The number of halogens is 1. The van der Waals surface area contributed by atoms with Crippen molar-refractivity contribution in [1.82, 2.24) is 0 Å². The summed E-state index contributed by atoms with van der Waals surface area (Å²) in [6.07, 6.45) is 0.520. The molecule has 80 valence electrons. The zero-order chi connectivity index (χ0) is 11.0. The highest BCUT2D eigenvalue weighted by Crippen LogP contribution is 2.35. The van der Waals surface area contributed by atoms with Gasteiger partial charge in [-0.05, 0) is 24.1 Å². The van der Waals surface area contributed by atoms with E-state index in [1.54, 1.807) is 0 Å². The van der Waals surface area contributed by atoms with Crippen molar-refractivity contribution < 1.29 is 9.90 Å². The quantitative estimate of drug-likeness (QED) is 0.866. The predicted molar refractivity (Wildman–Crippen MR) is 61.7 cm³/mol. The standard InChI is InChI=1S/C11H12BrNO2/c1-2-9(14)8-5-7(12)3-6-4-10(15)13-11(6)8/h3,5,9,14H,2,4H2,1H3,(H,13,15). The molecule has 0 saturated carbocycles. The van der Waals surface area contributed by atoms with Gasteiger partial charge in [0.1, 0.15) is 0 Å². The molecule has 1 aromatic carbocycles. The summed E-state index contributed by atoms with van der Waals surface area (Å²) in [5.74, 6) is -0.00680. The van der Waals surface area contributed by atoms with Crippen molar-refractivity contribution in [3.8, 4) is 0 Å². The number of carbonyl (C=O) groups excluding carboxylic acids is 1. The van der Waals surface area contributed by atoms with Gasteiger partial charge in [0, 0.05) is 10.0 Å². The monoisotopic (exact) mass is 269 g/mol. The second kappa shape index (κ2) is 3.94. The number of aliphatic hydroxyl groups is 1. The number of fused-ring (bicyclic) bond motifs is 1. The van der Waals surface area contributed by atoms with Crippen LogP contribution in [0, 0.1) is 0 Å². The Morgan fingerprint density at radius 3 is 3.00 bits per heavy atom. The van der Waals surface area contributed by atoms with Crippen LogP contribution in [-0.4, -0.2) is 11.0 Å². The number of hydrogen-bond donors (Lipinski definition) is 2. The van der Waals surface area contributed by atoms with Crippen molar-refractivity contribution in [2.75, 3.05) is 5.32 Å². The second-order valence-corrected chi connectivity index (χ2v) is 4.59. The first-order valence-electron chi connectivity index (χ1n) is 4.92. The maximum atomic E-state index is 11.3. The van der Waals surface area contributed by atoms with Gasteiger partial charge in [0.2, 0.25) is 5.91 Å². The lowest BCUT2D eigenvalue weighted by atomic mass is 10.0. The van der Waals surface area contributed by atoms with E-state index < -0.39 is 6.10 Å². The fraction of sp³-hybridized carbons (Fsp3) is 0.364. The molecule has 1 atom stereocenters. The van der Waals surface area contributed by atoms with Crippen LogP contribution in [0.5, 0.6) is 0 Å². The van der Waals surface area contributed by atoms with Gasteiger partial charge in [-0.3, -0.25) is 4.79 Å². The van der Waals surface area contributed by atoms with Crippen molar-refractivity contribution in [3.63, 3.8) is 0 Å². The van der Waals surface area contributed by atoms with E-state index in [4.69, 9.17) is 0 Å². The van der Waals surface area contributed by atoms with Crippen LogP contribution in [-0.2, 0) is 11.2 Å². The van der Waals surface area contributed by atoms with Crippen molar-refractivity contribution >= 4 is 27.5 Å². The molecule has 0 spiro atoms. The Bertz CT molecular complexity index is 417. The molecule has 0 saturated heterocycles. The molecule has 2 rings (SSSR count). The highest BCUT2D eigenvalue weighted by Gasteiger charge is 2.23. The minimum atomic E-state index is -0.519. The van der Waals surface area contributed by atoms with Crippen LogP contribution in [0.25, 0.3) is 0 Å². The molecule has 0 bridgehead atoms. The molecule has 1 heterocycles. The minimum Gasteiger partial charge on any atom is -0.388 e. The van der Waals surface area contributed by atoms with Gasteiger partial charge >= 0.3 is 0 Å². The largest absolute Gasteiger partial charge is 0.388 e. The van der Waals surface area contributed by atoms with Crippen LogP contribution in [0.4, 0.5) is 5.69 Å². The van der Waals surface area contributed by atoms with Gasteiger partial charge in [0.25, 0.3) is 0 Å². The van der Waals surface area contributed by atoms with Crippen molar-refractivity contribution in [3.05, 3.63) is 27.7 Å². The minimum absolute atomic E-state index is 0.00680. The van der Waals surface area contributed by atoms with E-state index in [1.165, 1.54) is 0 Å². The molecular formula is C11H12BrNO2. The smallest absolute Gasteiger partial charge is 0.228 e. The summed E-state index contributed by atoms with van der Waals surface area (Å²) in [7, 11) is 0. The molecule has 1 amide bonds. The second-order valence-electron chi connectivity index (χ2n) is 3.68. The maximum absolute atomic E-state index is 11.3. The summed E-state index contributed by atoms with van der Waals surface area (Å²) >= 11 is 3.38. The Labute approximate surface area is 96.6 Å². The maximum Gasteiger partial charge on any atom is 0.228 e. The van der Waals surface area contributed by atoms with Gasteiger partial charge < -0.3 is 10.4 Å². The summed E-state index contributed by atoms with van der Waals surface area (Å²) in [5.41, 5.74) is 2.54. The van der Waals surface area contributed by atoms with Gasteiger partial charge in [-0.1, -0.05) is 22.9 Å². The van der Waals surface area contributed by atoms with E-state index in [2.05, 4.69) is 21.2 Å². The summed E-state index contributed by atoms with van der Waals surface area (Å²) in [6.45, 7) is 1.91. The Hall–Kier alpha value is -0.870. The lowest BCUT2D eigenvalue weighted by molar-refractivity contribution is -0.115. The lowest BCUT2D eigenvalue weighted by Gasteiger charge is -2.13. The number of nitrogens with one attached hydrogen (secondary N) is 1. The van der Waals surface area contributed by atoms with Crippen LogP contribution in [0.15, 0.2) is 16.6 Å². The van der Waals surface area contributed by atoms with Gasteiger partial charge in [0.15, 0.2) is 0 Å². The summed E-state index contributed by atoms with van der Waals surface area (Å²) in [4.78, 5) is 11.3. The summed E-state index contributed by atoms with van der Waals surface area (Å²) in [6, 6.07) is 3.78. The lowest BCUT2D eigenvalue weighted by Crippen LogP contribution is -2.06. The SMILES string of the molecule is CCC(O)c1cc(Br)cc2c1NC(=O)C2. The van der Waals surface area contributed by atoms with Gasteiger partial charge in [-0.2, -0.15) is 0 Å². The van der Waals surface area contributed by atoms with E-state index in [-0.39, 0.29) is 5.91 Å². The molecule has 1 aromatic rings. The third-order valence-corrected chi connectivity index (χ3v) is 3.03. The number of aliphatic hydroxyl groups excluding tert-OH is 1. The molecule has 4 heteroatoms. The number of rotatable bonds is 2. The first-order valence-corrected chi connectivity index (χ1v) is 5.71. The van der Waals surface area contributed by atoms with E-state index in [9.17, 15) is 9.90 Å². The van der Waals surface area contributed by atoms with Crippen LogP contribution in [0.2, 0.25) is 0 Å². The fourth-order valence-corrected chi connectivity index (χ4v) is 2.34. The van der Waals surface area contributed by atoms with E-state index in [0.29, 0.717) is 12.8 Å². The molecule has 0 aromatic heterocycles.